The zero-order valence-corrected chi connectivity index (χ0v) is 10.2. The molecule has 0 aromatic carbocycles. The van der Waals surface area contributed by atoms with Crippen LogP contribution in [0, 0.1) is 0 Å². The minimum Gasteiger partial charge on any atom is -0.380 e. The molecule has 0 saturated carbocycles. The molecule has 0 aromatic heterocycles. The molecular weight excluding hydrogens is 208 g/mol. The van der Waals surface area contributed by atoms with E-state index < -0.39 is 0 Å². The van der Waals surface area contributed by atoms with Gasteiger partial charge in [0.2, 0.25) is 0 Å². The van der Waals surface area contributed by atoms with Crippen LogP contribution in [-0.4, -0.2) is 61.8 Å². The highest BCUT2D eigenvalue weighted by Crippen LogP contribution is 2.11. The van der Waals surface area contributed by atoms with Crippen LogP contribution in [0.2, 0.25) is 0 Å². The van der Waals surface area contributed by atoms with E-state index in [-0.39, 0.29) is 0 Å². The summed E-state index contributed by atoms with van der Waals surface area (Å²) < 4.78 is 5.46. The largest absolute Gasteiger partial charge is 0.380 e. The summed E-state index contributed by atoms with van der Waals surface area (Å²) in [5.74, 6) is 2.58. The van der Waals surface area contributed by atoms with Gasteiger partial charge in [-0.25, -0.2) is 0 Å². The molecule has 2 rings (SSSR count). The molecule has 0 spiro atoms. The van der Waals surface area contributed by atoms with Crippen molar-refractivity contribution in [3.63, 3.8) is 0 Å². The quantitative estimate of drug-likeness (QED) is 0.775. The Labute approximate surface area is 96.9 Å². The monoisotopic (exact) mass is 230 g/mol. The lowest BCUT2D eigenvalue weighted by molar-refractivity contribution is 0.140. The van der Waals surface area contributed by atoms with E-state index in [9.17, 15) is 0 Å². The summed E-state index contributed by atoms with van der Waals surface area (Å²) in [7, 11) is 0. The van der Waals surface area contributed by atoms with E-state index in [1.54, 1.807) is 0 Å². The highest BCUT2D eigenvalue weighted by atomic mass is 32.2. The first-order valence-corrected chi connectivity index (χ1v) is 7.22. The molecule has 0 amide bonds. The van der Waals surface area contributed by atoms with Gasteiger partial charge in [-0.2, -0.15) is 11.8 Å². The maximum absolute atomic E-state index is 5.46. The molecule has 0 bridgehead atoms. The number of hydrogen-bond acceptors (Lipinski definition) is 4. The van der Waals surface area contributed by atoms with E-state index in [0.29, 0.717) is 0 Å². The highest BCUT2D eigenvalue weighted by Gasteiger charge is 2.15. The molecule has 4 heteroatoms. The SMILES string of the molecule is C1COCCN(CCC2CSCCN2)C1. The first kappa shape index (κ1) is 11.7. The number of ether oxygens (including phenoxy) is 1. The molecule has 1 unspecified atom stereocenters. The van der Waals surface area contributed by atoms with Crippen LogP contribution >= 0.6 is 11.8 Å². The second-order valence-corrected chi connectivity index (χ2v) is 5.47. The predicted octanol–water partition coefficient (Wildman–Crippen LogP) is 0.804. The van der Waals surface area contributed by atoms with Gasteiger partial charge in [0.25, 0.3) is 0 Å². The maximum atomic E-state index is 5.46. The van der Waals surface area contributed by atoms with Gasteiger partial charge in [-0.1, -0.05) is 0 Å². The molecule has 2 heterocycles. The van der Waals surface area contributed by atoms with Crippen LogP contribution in [0.25, 0.3) is 0 Å². The van der Waals surface area contributed by atoms with Crippen LogP contribution in [0.15, 0.2) is 0 Å². The fourth-order valence-corrected chi connectivity index (χ4v) is 3.16. The lowest BCUT2D eigenvalue weighted by atomic mass is 10.2. The van der Waals surface area contributed by atoms with Crippen molar-refractivity contribution in [1.29, 1.82) is 0 Å². The van der Waals surface area contributed by atoms with E-state index in [1.165, 1.54) is 44.0 Å². The molecule has 1 N–H and O–H groups in total. The van der Waals surface area contributed by atoms with Gasteiger partial charge in [-0.15, -0.1) is 0 Å². The molecule has 2 saturated heterocycles. The van der Waals surface area contributed by atoms with E-state index in [2.05, 4.69) is 22.0 Å². The van der Waals surface area contributed by atoms with Crippen LogP contribution < -0.4 is 5.32 Å². The van der Waals surface area contributed by atoms with Gasteiger partial charge >= 0.3 is 0 Å². The summed E-state index contributed by atoms with van der Waals surface area (Å²) >= 11 is 2.09. The lowest BCUT2D eigenvalue weighted by Gasteiger charge is -2.26. The van der Waals surface area contributed by atoms with Gasteiger partial charge in [0, 0.05) is 43.8 Å². The zero-order valence-electron chi connectivity index (χ0n) is 9.41. The predicted molar refractivity (Wildman–Crippen MR) is 65.6 cm³/mol. The van der Waals surface area contributed by atoms with Crippen LogP contribution in [-0.2, 0) is 4.74 Å². The van der Waals surface area contributed by atoms with Crippen molar-refractivity contribution < 1.29 is 4.74 Å². The molecule has 2 fully saturated rings. The molecule has 15 heavy (non-hydrogen) atoms. The summed E-state index contributed by atoms with van der Waals surface area (Å²) in [5, 5.41) is 3.60. The van der Waals surface area contributed by atoms with Crippen LogP contribution in [0.1, 0.15) is 12.8 Å². The minimum absolute atomic E-state index is 0.743. The third-order valence-corrected chi connectivity index (χ3v) is 4.24. The normalized spacial score (nSPS) is 30.0. The first-order valence-electron chi connectivity index (χ1n) is 6.06. The molecular formula is C11H22N2OS. The fourth-order valence-electron chi connectivity index (χ4n) is 2.16. The Morgan fingerprint density at radius 3 is 3.20 bits per heavy atom. The smallest absolute Gasteiger partial charge is 0.0593 e. The Morgan fingerprint density at radius 2 is 2.33 bits per heavy atom. The zero-order chi connectivity index (χ0) is 10.3. The van der Waals surface area contributed by atoms with E-state index in [1.807, 2.05) is 0 Å². The summed E-state index contributed by atoms with van der Waals surface area (Å²) in [5.41, 5.74) is 0. The summed E-state index contributed by atoms with van der Waals surface area (Å²) in [4.78, 5) is 2.55. The van der Waals surface area contributed by atoms with Gasteiger partial charge in [0.15, 0.2) is 0 Å². The van der Waals surface area contributed by atoms with Gasteiger partial charge in [0.1, 0.15) is 0 Å². The molecule has 0 aromatic rings. The summed E-state index contributed by atoms with van der Waals surface area (Å²) in [6, 6.07) is 0.743. The number of hydrogen-bond donors (Lipinski definition) is 1. The topological polar surface area (TPSA) is 24.5 Å². The van der Waals surface area contributed by atoms with Crippen LogP contribution in [0.4, 0.5) is 0 Å². The molecule has 2 aliphatic heterocycles. The third kappa shape index (κ3) is 4.31. The van der Waals surface area contributed by atoms with Crippen molar-refractivity contribution in [3.8, 4) is 0 Å². The average Bonchev–Trinajstić information content (AvgIpc) is 2.56. The summed E-state index contributed by atoms with van der Waals surface area (Å²) in [6.45, 7) is 6.65. The Bertz CT molecular complexity index is 166. The van der Waals surface area contributed by atoms with E-state index >= 15 is 0 Å². The van der Waals surface area contributed by atoms with Crippen molar-refractivity contribution >= 4 is 11.8 Å². The van der Waals surface area contributed by atoms with E-state index in [4.69, 9.17) is 4.74 Å². The second kappa shape index (κ2) is 6.74. The van der Waals surface area contributed by atoms with Crippen LogP contribution in [0.5, 0.6) is 0 Å². The maximum Gasteiger partial charge on any atom is 0.0593 e. The molecule has 0 aliphatic carbocycles. The van der Waals surface area contributed by atoms with Gasteiger partial charge in [-0.05, 0) is 19.4 Å². The van der Waals surface area contributed by atoms with Gasteiger partial charge < -0.3 is 15.0 Å². The molecule has 1 atom stereocenters. The molecule has 3 nitrogen and oxygen atoms in total. The molecule has 88 valence electrons. The standard InChI is InChI=1S/C11H22N2OS/c1-4-13(6-8-14-7-1)5-2-11-10-15-9-3-12-11/h11-12H,1-10H2. The van der Waals surface area contributed by atoms with E-state index in [0.717, 1.165) is 25.8 Å². The Morgan fingerprint density at radius 1 is 1.33 bits per heavy atom. The Hall–Kier alpha value is 0.230. The number of nitrogens with zero attached hydrogens (tertiary/aromatic N) is 1. The first-order chi connectivity index (χ1) is 7.45. The average molecular weight is 230 g/mol. The number of nitrogens with one attached hydrogen (secondary N) is 1. The minimum atomic E-state index is 0.743. The lowest BCUT2D eigenvalue weighted by Crippen LogP contribution is -2.40. The van der Waals surface area contributed by atoms with Crippen molar-refractivity contribution in [2.75, 3.05) is 50.9 Å². The fraction of sp³-hybridized carbons (Fsp3) is 1.00. The molecule has 0 radical (unpaired) electrons. The van der Waals surface area contributed by atoms with Gasteiger partial charge in [-0.3, -0.25) is 0 Å². The van der Waals surface area contributed by atoms with Gasteiger partial charge in [0.05, 0.1) is 6.61 Å². The van der Waals surface area contributed by atoms with Crippen molar-refractivity contribution in [2.24, 2.45) is 0 Å². The number of thioether (sulfide) groups is 1. The third-order valence-electron chi connectivity index (χ3n) is 3.11. The van der Waals surface area contributed by atoms with Crippen molar-refractivity contribution in [1.82, 2.24) is 10.2 Å². The Kier molecular flexibility index (Phi) is 5.26. The Balaban J connectivity index is 1.62. The van der Waals surface area contributed by atoms with Crippen molar-refractivity contribution in [2.45, 2.75) is 18.9 Å². The molecule has 2 aliphatic rings. The second-order valence-electron chi connectivity index (χ2n) is 4.32. The van der Waals surface area contributed by atoms with Crippen molar-refractivity contribution in [3.05, 3.63) is 0 Å². The number of rotatable bonds is 3. The highest BCUT2D eigenvalue weighted by molar-refractivity contribution is 7.99. The van der Waals surface area contributed by atoms with Crippen LogP contribution in [0.3, 0.4) is 0 Å². The summed E-state index contributed by atoms with van der Waals surface area (Å²) in [6.07, 6.45) is 2.50.